The minimum atomic E-state index is -0.0992. The Kier molecular flexibility index (Phi) is 2.07. The highest BCUT2D eigenvalue weighted by Crippen LogP contribution is 2.48. The first-order valence-electron chi connectivity index (χ1n) is 4.22. The minimum Gasteiger partial charge on any atom is -0.469 e. The number of aromatic nitrogens is 1. The largest absolute Gasteiger partial charge is 0.469 e. The van der Waals surface area contributed by atoms with Crippen molar-refractivity contribution in [2.75, 3.05) is 7.11 Å². The van der Waals surface area contributed by atoms with Crippen molar-refractivity contribution in [2.45, 2.75) is 19.3 Å². The van der Waals surface area contributed by atoms with E-state index in [1.807, 2.05) is 12.3 Å². The molecule has 1 aliphatic rings. The van der Waals surface area contributed by atoms with E-state index in [2.05, 4.69) is 9.72 Å². The molecular formula is C9H11NO2S. The van der Waals surface area contributed by atoms with Crippen LogP contribution in [0.4, 0.5) is 0 Å². The summed E-state index contributed by atoms with van der Waals surface area (Å²) in [5.41, 5.74) is 1.04. The Morgan fingerprint density at radius 2 is 2.54 bits per heavy atom. The molecule has 1 aromatic rings. The molecule has 0 bridgehead atoms. The van der Waals surface area contributed by atoms with Crippen molar-refractivity contribution in [3.8, 4) is 0 Å². The fraction of sp³-hybridized carbons (Fsp3) is 0.556. The van der Waals surface area contributed by atoms with Crippen LogP contribution in [0, 0.1) is 12.8 Å². The highest BCUT2D eigenvalue weighted by molar-refractivity contribution is 7.09. The van der Waals surface area contributed by atoms with Gasteiger partial charge >= 0.3 is 5.97 Å². The van der Waals surface area contributed by atoms with Gasteiger partial charge in [-0.3, -0.25) is 4.79 Å². The van der Waals surface area contributed by atoms with Crippen LogP contribution >= 0.6 is 11.3 Å². The van der Waals surface area contributed by atoms with Gasteiger partial charge in [-0.25, -0.2) is 4.98 Å². The van der Waals surface area contributed by atoms with Crippen LogP contribution in [0.1, 0.15) is 23.0 Å². The van der Waals surface area contributed by atoms with Gasteiger partial charge in [-0.15, -0.1) is 11.3 Å². The summed E-state index contributed by atoms with van der Waals surface area (Å²) in [5, 5.41) is 3.09. The first kappa shape index (κ1) is 8.69. The number of aryl methyl sites for hydroxylation is 1. The summed E-state index contributed by atoms with van der Waals surface area (Å²) in [5.74, 6) is 0.291. The van der Waals surface area contributed by atoms with Gasteiger partial charge in [-0.2, -0.15) is 0 Å². The van der Waals surface area contributed by atoms with Gasteiger partial charge in [0.05, 0.1) is 18.0 Å². The average Bonchev–Trinajstić information content (AvgIpc) is 2.82. The second-order valence-electron chi connectivity index (χ2n) is 3.30. The standard InChI is InChI=1S/C9H11NO2S/c1-5-4-13-8(10-5)6-3-7(6)9(11)12-2/h4,6-7H,3H2,1-2H3/t6-,7-/m0/s1. The van der Waals surface area contributed by atoms with E-state index in [0.717, 1.165) is 17.1 Å². The molecule has 0 radical (unpaired) electrons. The molecule has 1 saturated carbocycles. The van der Waals surface area contributed by atoms with Crippen LogP contribution in [-0.2, 0) is 9.53 Å². The molecule has 2 atom stereocenters. The van der Waals surface area contributed by atoms with Gasteiger partial charge in [0, 0.05) is 17.0 Å². The maximum atomic E-state index is 11.1. The van der Waals surface area contributed by atoms with E-state index >= 15 is 0 Å². The zero-order valence-corrected chi connectivity index (χ0v) is 8.43. The summed E-state index contributed by atoms with van der Waals surface area (Å²) in [4.78, 5) is 15.5. The average molecular weight is 197 g/mol. The van der Waals surface area contributed by atoms with E-state index in [9.17, 15) is 4.79 Å². The first-order valence-corrected chi connectivity index (χ1v) is 5.10. The van der Waals surface area contributed by atoms with E-state index in [1.165, 1.54) is 7.11 Å². The second-order valence-corrected chi connectivity index (χ2v) is 4.19. The summed E-state index contributed by atoms with van der Waals surface area (Å²) in [6, 6.07) is 0. The third kappa shape index (κ3) is 1.58. The number of thiazole rings is 1. The molecule has 13 heavy (non-hydrogen) atoms. The van der Waals surface area contributed by atoms with E-state index in [1.54, 1.807) is 11.3 Å². The molecule has 0 unspecified atom stereocenters. The van der Waals surface area contributed by atoms with Crippen LogP contribution in [0.5, 0.6) is 0 Å². The quantitative estimate of drug-likeness (QED) is 0.678. The normalized spacial score (nSPS) is 25.7. The van der Waals surface area contributed by atoms with Gasteiger partial charge in [0.2, 0.25) is 0 Å². The zero-order valence-electron chi connectivity index (χ0n) is 7.61. The van der Waals surface area contributed by atoms with E-state index in [4.69, 9.17) is 0 Å². The summed E-state index contributed by atoms with van der Waals surface area (Å²) >= 11 is 1.63. The number of hydrogen-bond acceptors (Lipinski definition) is 4. The maximum Gasteiger partial charge on any atom is 0.309 e. The van der Waals surface area contributed by atoms with Gasteiger partial charge in [0.1, 0.15) is 0 Å². The number of esters is 1. The Morgan fingerprint density at radius 1 is 1.77 bits per heavy atom. The molecule has 0 amide bonds. The van der Waals surface area contributed by atoms with Gasteiger partial charge in [0.25, 0.3) is 0 Å². The predicted octanol–water partition coefficient (Wildman–Crippen LogP) is 1.73. The van der Waals surface area contributed by atoms with Gasteiger partial charge < -0.3 is 4.74 Å². The number of methoxy groups -OCH3 is 1. The third-order valence-electron chi connectivity index (χ3n) is 2.25. The number of rotatable bonds is 2. The molecule has 1 fully saturated rings. The summed E-state index contributed by atoms with van der Waals surface area (Å²) in [6.45, 7) is 1.97. The number of ether oxygens (including phenoxy) is 1. The van der Waals surface area contributed by atoms with E-state index in [0.29, 0.717) is 5.92 Å². The van der Waals surface area contributed by atoms with Crippen LogP contribution in [0.3, 0.4) is 0 Å². The molecular weight excluding hydrogens is 186 g/mol. The Morgan fingerprint density at radius 3 is 3.08 bits per heavy atom. The second kappa shape index (κ2) is 3.10. The predicted molar refractivity (Wildman–Crippen MR) is 49.7 cm³/mol. The highest BCUT2D eigenvalue weighted by atomic mass is 32.1. The fourth-order valence-corrected chi connectivity index (χ4v) is 2.40. The zero-order chi connectivity index (χ0) is 9.42. The smallest absolute Gasteiger partial charge is 0.309 e. The van der Waals surface area contributed by atoms with Crippen LogP contribution in [0.15, 0.2) is 5.38 Å². The van der Waals surface area contributed by atoms with E-state index < -0.39 is 0 Å². The first-order chi connectivity index (χ1) is 6.22. The molecule has 0 aromatic carbocycles. The van der Waals surface area contributed by atoms with Crippen molar-refractivity contribution in [3.63, 3.8) is 0 Å². The lowest BCUT2D eigenvalue weighted by Gasteiger charge is -1.94. The Labute approximate surface area is 80.8 Å². The fourth-order valence-electron chi connectivity index (χ4n) is 1.42. The molecule has 0 N–H and O–H groups in total. The molecule has 1 heterocycles. The molecule has 0 aliphatic heterocycles. The van der Waals surface area contributed by atoms with Crippen LogP contribution < -0.4 is 0 Å². The van der Waals surface area contributed by atoms with Crippen molar-refractivity contribution in [1.82, 2.24) is 4.98 Å². The van der Waals surface area contributed by atoms with Crippen LogP contribution in [-0.4, -0.2) is 18.1 Å². The Bertz CT molecular complexity index is 334. The SMILES string of the molecule is COC(=O)[C@H]1C[C@@H]1c1nc(C)cs1. The number of hydrogen-bond donors (Lipinski definition) is 0. The van der Waals surface area contributed by atoms with Gasteiger partial charge in [-0.05, 0) is 13.3 Å². The van der Waals surface area contributed by atoms with Crippen LogP contribution in [0.2, 0.25) is 0 Å². The summed E-state index contributed by atoms with van der Waals surface area (Å²) < 4.78 is 4.67. The molecule has 1 aliphatic carbocycles. The third-order valence-corrected chi connectivity index (χ3v) is 3.34. The van der Waals surface area contributed by atoms with E-state index in [-0.39, 0.29) is 11.9 Å². The highest BCUT2D eigenvalue weighted by Gasteiger charge is 2.46. The van der Waals surface area contributed by atoms with Crippen molar-refractivity contribution in [2.24, 2.45) is 5.92 Å². The molecule has 0 spiro atoms. The maximum absolute atomic E-state index is 11.1. The van der Waals surface area contributed by atoms with Crippen molar-refractivity contribution in [3.05, 3.63) is 16.1 Å². The lowest BCUT2D eigenvalue weighted by molar-refractivity contribution is -0.142. The number of carbonyl (C=O) groups excluding carboxylic acids is 1. The summed E-state index contributed by atoms with van der Waals surface area (Å²) in [7, 11) is 1.44. The molecule has 2 rings (SSSR count). The Hall–Kier alpha value is -0.900. The summed E-state index contributed by atoms with van der Waals surface area (Å²) in [6.07, 6.45) is 0.902. The van der Waals surface area contributed by atoms with Crippen LogP contribution in [0.25, 0.3) is 0 Å². The molecule has 1 aromatic heterocycles. The number of carbonyl (C=O) groups is 1. The molecule has 70 valence electrons. The Balaban J connectivity index is 2.04. The van der Waals surface area contributed by atoms with Crippen molar-refractivity contribution >= 4 is 17.3 Å². The van der Waals surface area contributed by atoms with Gasteiger partial charge in [-0.1, -0.05) is 0 Å². The molecule has 3 nitrogen and oxygen atoms in total. The molecule has 0 saturated heterocycles. The number of nitrogens with zero attached hydrogens (tertiary/aromatic N) is 1. The lowest BCUT2D eigenvalue weighted by Crippen LogP contribution is -2.03. The van der Waals surface area contributed by atoms with Crippen molar-refractivity contribution in [1.29, 1.82) is 0 Å². The minimum absolute atomic E-state index is 0.0653. The van der Waals surface area contributed by atoms with Gasteiger partial charge in [0.15, 0.2) is 0 Å². The molecule has 4 heteroatoms. The lowest BCUT2D eigenvalue weighted by atomic mass is 10.3. The topological polar surface area (TPSA) is 39.2 Å². The monoisotopic (exact) mass is 197 g/mol. The van der Waals surface area contributed by atoms with Crippen molar-refractivity contribution < 1.29 is 9.53 Å².